The van der Waals surface area contributed by atoms with Gasteiger partial charge in [0.05, 0.1) is 16.6 Å². The van der Waals surface area contributed by atoms with E-state index in [1.165, 1.54) is 46.8 Å². The average molecular weight is 689 g/mol. The van der Waals surface area contributed by atoms with Crippen molar-refractivity contribution >= 4 is 48.7 Å². The van der Waals surface area contributed by atoms with Crippen LogP contribution in [0.1, 0.15) is 55.3 Å². The zero-order valence-electron chi connectivity index (χ0n) is 25.3. The van der Waals surface area contributed by atoms with Crippen LogP contribution in [0.15, 0.2) is 62.7 Å². The van der Waals surface area contributed by atoms with Crippen molar-refractivity contribution in [1.82, 2.24) is 4.31 Å². The summed E-state index contributed by atoms with van der Waals surface area (Å²) >= 11 is 0. The summed E-state index contributed by atoms with van der Waals surface area (Å²) in [6.45, 7) is 0.447. The molecule has 0 radical (unpaired) electrons. The molecule has 0 saturated carbocycles. The fourth-order valence-corrected chi connectivity index (χ4v) is 8.00. The summed E-state index contributed by atoms with van der Waals surface area (Å²) in [5.74, 6) is -2.72. The number of carboxylic acids is 2. The number of anilines is 1. The van der Waals surface area contributed by atoms with Gasteiger partial charge in [-0.25, -0.2) is 13.2 Å². The molecule has 8 N–H and O–H groups in total. The zero-order chi connectivity index (χ0) is 34.5. The number of unbranched alkanes of at least 4 members (excludes halogenated alkanes) is 4. The molecule has 2 aromatic carbocycles. The number of sulfonamides is 1. The lowest BCUT2D eigenvalue weighted by Crippen LogP contribution is -2.36. The number of carbonyl (C=O) groups is 2. The second-order valence-corrected chi connectivity index (χ2v) is 14.2. The lowest BCUT2D eigenvalue weighted by molar-refractivity contribution is -0.137. The molecule has 2 aromatic rings. The van der Waals surface area contributed by atoms with E-state index >= 15 is 0 Å². The summed E-state index contributed by atoms with van der Waals surface area (Å²) in [5, 5.41) is 27.2. The first-order valence-electron chi connectivity index (χ1n) is 14.8. The Balaban J connectivity index is 2.04. The molecule has 0 unspecified atom stereocenters. The lowest BCUT2D eigenvalue weighted by atomic mass is 9.90. The van der Waals surface area contributed by atoms with Crippen LogP contribution in [-0.4, -0.2) is 67.5 Å². The highest BCUT2D eigenvalue weighted by atomic mass is 32.2. The molecule has 0 atom stereocenters. The van der Waals surface area contributed by atoms with Crippen LogP contribution in [0.3, 0.4) is 0 Å². The van der Waals surface area contributed by atoms with Gasteiger partial charge in [0.15, 0.2) is 21.1 Å². The summed E-state index contributed by atoms with van der Waals surface area (Å²) in [6.07, 6.45) is 2.71. The minimum absolute atomic E-state index is 0.00803. The van der Waals surface area contributed by atoms with Crippen LogP contribution < -0.4 is 16.8 Å². The largest absolute Gasteiger partial charge is 0.481 e. The van der Waals surface area contributed by atoms with Crippen molar-refractivity contribution in [3.8, 4) is 22.5 Å². The van der Waals surface area contributed by atoms with Gasteiger partial charge in [-0.1, -0.05) is 31.0 Å². The number of carboxylic acid groups (broad SMARTS) is 2. The second-order valence-electron chi connectivity index (χ2n) is 10.9. The number of fused-ring (bicyclic) bond motifs is 2. The average Bonchev–Trinajstić information content (AvgIpc) is 2.99. The van der Waals surface area contributed by atoms with Gasteiger partial charge in [-0.05, 0) is 68.1 Å². The van der Waals surface area contributed by atoms with Crippen molar-refractivity contribution in [2.75, 3.05) is 25.4 Å². The zero-order valence-corrected chi connectivity index (χ0v) is 26.9. The predicted octanol–water partition coefficient (Wildman–Crippen LogP) is 3.98. The van der Waals surface area contributed by atoms with Crippen molar-refractivity contribution in [3.63, 3.8) is 0 Å². The SMILES string of the molecule is N=c1ccc2c(-c3ccccc3C(=O)O)c3ccc(N)c(S(=O)(=O)O)c3oc-2c1S(=O)(=O)N(CCCCCN)CCCCCC(=O)O. The number of rotatable bonds is 16. The molecule has 252 valence electrons. The van der Waals surface area contributed by atoms with Gasteiger partial charge >= 0.3 is 11.9 Å². The van der Waals surface area contributed by atoms with E-state index in [0.717, 1.165) is 0 Å². The number of aromatic carboxylic acids is 1. The van der Waals surface area contributed by atoms with Gasteiger partial charge in [0.1, 0.15) is 0 Å². The Morgan fingerprint density at radius 3 is 2.11 bits per heavy atom. The standard InChI is InChI=1S/C31H36N4O10S2/c32-16-6-2-8-18-35(17-7-1-3-11-25(36)37)46(40,41)29-23(33)14-12-21-26(19-9-4-5-10-20(19)31(38)39)22-13-15-24(34)30(47(42,43)44)28(22)45-27(21)29/h4-5,9-10,12-15,33H,1-3,6-8,11,16-18,32,34H2,(H,36,37)(H,38,39)(H,42,43,44). The molecule has 2 aliphatic rings. The van der Waals surface area contributed by atoms with E-state index in [0.29, 0.717) is 45.1 Å². The van der Waals surface area contributed by atoms with E-state index in [1.807, 2.05) is 0 Å². The molecule has 4 rings (SSSR count). The van der Waals surface area contributed by atoms with E-state index in [1.54, 1.807) is 6.07 Å². The fourth-order valence-electron chi connectivity index (χ4n) is 5.52. The molecule has 47 heavy (non-hydrogen) atoms. The molecule has 0 fully saturated rings. The Morgan fingerprint density at radius 1 is 0.830 bits per heavy atom. The molecule has 14 nitrogen and oxygen atoms in total. The number of hydrogen-bond acceptors (Lipinski definition) is 10. The van der Waals surface area contributed by atoms with Crippen LogP contribution in [-0.2, 0) is 24.9 Å². The molecule has 0 amide bonds. The Morgan fingerprint density at radius 2 is 1.49 bits per heavy atom. The van der Waals surface area contributed by atoms with Crippen LogP contribution in [0.5, 0.6) is 0 Å². The minimum atomic E-state index is -5.06. The molecule has 1 heterocycles. The number of nitrogens with two attached hydrogens (primary N) is 2. The van der Waals surface area contributed by atoms with E-state index in [4.69, 9.17) is 26.4 Å². The van der Waals surface area contributed by atoms with Gasteiger partial charge in [-0.2, -0.15) is 12.7 Å². The van der Waals surface area contributed by atoms with E-state index in [9.17, 15) is 36.1 Å². The topological polar surface area (TPSA) is 255 Å². The normalized spacial score (nSPS) is 12.2. The maximum absolute atomic E-state index is 14.5. The Kier molecular flexibility index (Phi) is 11.0. The van der Waals surface area contributed by atoms with Gasteiger partial charge < -0.3 is 26.1 Å². The van der Waals surface area contributed by atoms with Crippen LogP contribution in [0.25, 0.3) is 33.4 Å². The van der Waals surface area contributed by atoms with Gasteiger partial charge in [0.25, 0.3) is 10.1 Å². The number of aliphatic carboxylic acids is 1. The number of benzene rings is 3. The smallest absolute Gasteiger partial charge is 0.336 e. The van der Waals surface area contributed by atoms with Gasteiger partial charge in [0, 0.05) is 36.0 Å². The fraction of sp³-hybridized carbons (Fsp3) is 0.323. The molecule has 16 heteroatoms. The highest BCUT2D eigenvalue weighted by Gasteiger charge is 2.35. The highest BCUT2D eigenvalue weighted by Crippen LogP contribution is 2.46. The molecular weight excluding hydrogens is 652 g/mol. The van der Waals surface area contributed by atoms with E-state index in [-0.39, 0.29) is 47.2 Å². The summed E-state index contributed by atoms with van der Waals surface area (Å²) in [5.41, 5.74) is 10.7. The molecular formula is C31H36N4O10S2. The summed E-state index contributed by atoms with van der Waals surface area (Å²) in [7, 11) is -9.62. The third-order valence-corrected chi connectivity index (χ3v) is 10.6. The van der Waals surface area contributed by atoms with Gasteiger partial charge in [-0.3, -0.25) is 14.8 Å². The maximum Gasteiger partial charge on any atom is 0.336 e. The third-order valence-electron chi connectivity index (χ3n) is 7.69. The van der Waals surface area contributed by atoms with Crippen LogP contribution in [0.4, 0.5) is 5.69 Å². The first kappa shape index (κ1) is 35.5. The quantitative estimate of drug-likeness (QED) is 0.0423. The van der Waals surface area contributed by atoms with Crippen molar-refractivity contribution < 1.29 is 45.6 Å². The summed E-state index contributed by atoms with van der Waals surface area (Å²) in [6, 6.07) is 11.0. The van der Waals surface area contributed by atoms with Crippen molar-refractivity contribution in [2.45, 2.75) is 54.7 Å². The Hall–Kier alpha value is -4.35. The number of nitrogen functional groups attached to an aromatic ring is 1. The Bertz CT molecular complexity index is 2060. The first-order valence-corrected chi connectivity index (χ1v) is 17.7. The molecule has 0 spiro atoms. The number of hydrogen-bond donors (Lipinski definition) is 6. The summed E-state index contributed by atoms with van der Waals surface area (Å²) < 4.78 is 71.4. The predicted molar refractivity (Wildman–Crippen MR) is 173 cm³/mol. The van der Waals surface area contributed by atoms with Crippen molar-refractivity contribution in [2.24, 2.45) is 5.73 Å². The Labute approximate surface area is 271 Å². The molecule has 0 bridgehead atoms. The molecule has 1 aliphatic carbocycles. The third kappa shape index (κ3) is 7.63. The van der Waals surface area contributed by atoms with Crippen LogP contribution in [0, 0.1) is 5.41 Å². The first-order chi connectivity index (χ1) is 22.2. The molecule has 0 aromatic heterocycles. The second kappa shape index (κ2) is 14.6. The van der Waals surface area contributed by atoms with Gasteiger partial charge in [-0.15, -0.1) is 0 Å². The number of nitrogens with one attached hydrogen (secondary N) is 1. The van der Waals surface area contributed by atoms with Crippen molar-refractivity contribution in [1.29, 1.82) is 5.41 Å². The van der Waals surface area contributed by atoms with E-state index < -0.39 is 64.3 Å². The summed E-state index contributed by atoms with van der Waals surface area (Å²) in [4.78, 5) is 21.8. The highest BCUT2D eigenvalue weighted by molar-refractivity contribution is 7.89. The van der Waals surface area contributed by atoms with Gasteiger partial charge in [0.2, 0.25) is 10.0 Å². The lowest BCUT2D eigenvalue weighted by Gasteiger charge is -2.25. The van der Waals surface area contributed by atoms with Crippen molar-refractivity contribution in [3.05, 3.63) is 59.5 Å². The maximum atomic E-state index is 14.5. The monoisotopic (exact) mass is 688 g/mol. The van der Waals surface area contributed by atoms with Crippen LogP contribution >= 0.6 is 0 Å². The van der Waals surface area contributed by atoms with E-state index in [2.05, 4.69) is 0 Å². The number of nitrogens with zero attached hydrogens (tertiary/aromatic N) is 1. The molecule has 0 saturated heterocycles. The van der Waals surface area contributed by atoms with Crippen LogP contribution in [0.2, 0.25) is 0 Å². The molecule has 1 aliphatic heterocycles. The minimum Gasteiger partial charge on any atom is -0.481 e.